The van der Waals surface area contributed by atoms with Crippen molar-refractivity contribution in [2.24, 2.45) is 0 Å². The molecule has 0 unspecified atom stereocenters. The third-order valence-corrected chi connectivity index (χ3v) is 3.60. The topological polar surface area (TPSA) is 48.7 Å². The molecule has 3 nitrogen and oxygen atoms in total. The zero-order valence-corrected chi connectivity index (χ0v) is 10.7. The van der Waals surface area contributed by atoms with Crippen LogP contribution in [0.2, 0.25) is 0 Å². The second-order valence-corrected chi connectivity index (χ2v) is 4.85. The predicted octanol–water partition coefficient (Wildman–Crippen LogP) is 3.37. The van der Waals surface area contributed by atoms with E-state index in [-0.39, 0.29) is 11.5 Å². The van der Waals surface area contributed by atoms with Gasteiger partial charge in [-0.2, -0.15) is 5.26 Å². The fraction of sp³-hybridized carbons (Fsp3) is 0.231. The number of nitrogens with one attached hydrogen (secondary N) is 1. The highest BCUT2D eigenvalue weighted by Gasteiger charge is 2.11. The van der Waals surface area contributed by atoms with Crippen LogP contribution in [-0.4, -0.2) is 11.5 Å². The molecule has 0 saturated carbocycles. The first kappa shape index (κ1) is 12.5. The van der Waals surface area contributed by atoms with E-state index in [4.69, 9.17) is 5.26 Å². The zero-order valence-electron chi connectivity index (χ0n) is 9.85. The summed E-state index contributed by atoms with van der Waals surface area (Å²) in [4.78, 5) is 4.23. The van der Waals surface area contributed by atoms with Gasteiger partial charge in [-0.3, -0.25) is 0 Å². The largest absolute Gasteiger partial charge is 0.383 e. The van der Waals surface area contributed by atoms with Crippen LogP contribution in [0.25, 0.3) is 0 Å². The van der Waals surface area contributed by atoms with Crippen molar-refractivity contribution in [2.45, 2.75) is 12.8 Å². The van der Waals surface area contributed by atoms with Crippen LogP contribution < -0.4 is 5.32 Å². The smallest absolute Gasteiger partial charge is 0.143 e. The monoisotopic (exact) mass is 261 g/mol. The first-order valence-electron chi connectivity index (χ1n) is 5.54. The van der Waals surface area contributed by atoms with Crippen molar-refractivity contribution in [3.63, 3.8) is 0 Å². The van der Waals surface area contributed by atoms with Crippen molar-refractivity contribution in [1.82, 2.24) is 4.98 Å². The number of nitriles is 1. The number of thiazole rings is 1. The van der Waals surface area contributed by atoms with Gasteiger partial charge in [0.15, 0.2) is 0 Å². The molecule has 2 aromatic rings. The van der Waals surface area contributed by atoms with E-state index in [2.05, 4.69) is 10.3 Å². The summed E-state index contributed by atoms with van der Waals surface area (Å²) in [5, 5.41) is 15.0. The highest BCUT2D eigenvalue weighted by molar-refractivity contribution is 7.09. The van der Waals surface area contributed by atoms with Gasteiger partial charge in [-0.05, 0) is 12.1 Å². The highest BCUT2D eigenvalue weighted by atomic mass is 32.1. The Kier molecular flexibility index (Phi) is 3.90. The molecule has 1 N–H and O–H groups in total. The Morgan fingerprint density at radius 1 is 1.56 bits per heavy atom. The highest BCUT2D eigenvalue weighted by Crippen LogP contribution is 2.21. The number of rotatable bonds is 4. The Morgan fingerprint density at radius 3 is 3.06 bits per heavy atom. The molecule has 0 amide bonds. The molecule has 0 saturated heterocycles. The number of hydrogen-bond acceptors (Lipinski definition) is 4. The molecule has 5 heteroatoms. The lowest BCUT2D eigenvalue weighted by molar-refractivity contribution is 0.624. The van der Waals surface area contributed by atoms with Crippen molar-refractivity contribution in [1.29, 1.82) is 5.26 Å². The molecule has 1 aromatic heterocycles. The molecule has 0 aliphatic carbocycles. The van der Waals surface area contributed by atoms with E-state index >= 15 is 0 Å². The number of hydrogen-bond donors (Lipinski definition) is 1. The molecular weight excluding hydrogens is 249 g/mol. The van der Waals surface area contributed by atoms with Gasteiger partial charge in [0.05, 0.1) is 10.7 Å². The van der Waals surface area contributed by atoms with Crippen LogP contribution in [0.15, 0.2) is 29.8 Å². The number of benzene rings is 1. The Balaban J connectivity index is 2.07. The van der Waals surface area contributed by atoms with Crippen LogP contribution in [0.4, 0.5) is 10.1 Å². The quantitative estimate of drug-likeness (QED) is 0.918. The van der Waals surface area contributed by atoms with Gasteiger partial charge in [-0.1, -0.05) is 13.0 Å². The molecule has 0 spiro atoms. The standard InChI is InChI=1S/C13H12FN3S/c1-9(13-16-5-6-18-13)8-17-12-4-2-3-11(14)10(12)7-15/h2-6,9,17H,8H2,1H3/t9-/m0/s1. The lowest BCUT2D eigenvalue weighted by Gasteiger charge is -2.12. The van der Waals surface area contributed by atoms with E-state index in [0.717, 1.165) is 5.01 Å². The van der Waals surface area contributed by atoms with E-state index in [1.165, 1.54) is 6.07 Å². The molecule has 1 atom stereocenters. The maximum Gasteiger partial charge on any atom is 0.143 e. The maximum absolute atomic E-state index is 13.4. The normalized spacial score (nSPS) is 11.8. The fourth-order valence-electron chi connectivity index (χ4n) is 1.61. The van der Waals surface area contributed by atoms with E-state index < -0.39 is 5.82 Å². The summed E-state index contributed by atoms with van der Waals surface area (Å²) >= 11 is 1.59. The Bertz CT molecular complexity index is 560. The summed E-state index contributed by atoms with van der Waals surface area (Å²) in [7, 11) is 0. The lowest BCUT2D eigenvalue weighted by atomic mass is 10.1. The van der Waals surface area contributed by atoms with Crippen LogP contribution in [0.1, 0.15) is 23.4 Å². The third-order valence-electron chi connectivity index (χ3n) is 2.60. The number of aromatic nitrogens is 1. The Labute approximate surface area is 109 Å². The van der Waals surface area contributed by atoms with Gasteiger partial charge in [0.2, 0.25) is 0 Å². The van der Waals surface area contributed by atoms with Crippen molar-refractivity contribution in [2.75, 3.05) is 11.9 Å². The van der Waals surface area contributed by atoms with E-state index in [1.54, 1.807) is 29.7 Å². The predicted molar refractivity (Wildman–Crippen MR) is 70.1 cm³/mol. The van der Waals surface area contributed by atoms with Gasteiger partial charge in [0.1, 0.15) is 17.4 Å². The summed E-state index contributed by atoms with van der Waals surface area (Å²) in [5.74, 6) is -0.274. The minimum atomic E-state index is -0.496. The van der Waals surface area contributed by atoms with E-state index in [9.17, 15) is 4.39 Å². The molecule has 0 radical (unpaired) electrons. The zero-order chi connectivity index (χ0) is 13.0. The van der Waals surface area contributed by atoms with Crippen LogP contribution in [-0.2, 0) is 0 Å². The molecular formula is C13H12FN3S. The van der Waals surface area contributed by atoms with Crippen LogP contribution in [0, 0.1) is 17.1 Å². The van der Waals surface area contributed by atoms with E-state index in [0.29, 0.717) is 12.2 Å². The maximum atomic E-state index is 13.4. The minimum Gasteiger partial charge on any atom is -0.383 e. The molecule has 18 heavy (non-hydrogen) atoms. The molecule has 0 aliphatic heterocycles. The first-order chi connectivity index (χ1) is 8.72. The minimum absolute atomic E-state index is 0.0591. The molecule has 1 heterocycles. The SMILES string of the molecule is C[C@@H](CNc1cccc(F)c1C#N)c1nccs1. The summed E-state index contributed by atoms with van der Waals surface area (Å²) in [5.41, 5.74) is 0.588. The number of anilines is 1. The average Bonchev–Trinajstić information content (AvgIpc) is 2.90. The summed E-state index contributed by atoms with van der Waals surface area (Å²) in [6.07, 6.45) is 1.76. The molecule has 2 rings (SSSR count). The molecule has 0 aliphatic rings. The molecule has 92 valence electrons. The van der Waals surface area contributed by atoms with Gasteiger partial charge in [0.25, 0.3) is 0 Å². The average molecular weight is 261 g/mol. The van der Waals surface area contributed by atoms with Crippen molar-refractivity contribution >= 4 is 17.0 Å². The van der Waals surface area contributed by atoms with Crippen LogP contribution >= 0.6 is 11.3 Å². The Morgan fingerprint density at radius 2 is 2.39 bits per heavy atom. The van der Waals surface area contributed by atoms with Gasteiger partial charge >= 0.3 is 0 Å². The molecule has 0 fully saturated rings. The molecule has 0 bridgehead atoms. The van der Waals surface area contributed by atoms with Gasteiger partial charge in [0, 0.05) is 24.0 Å². The van der Waals surface area contributed by atoms with Gasteiger partial charge in [-0.25, -0.2) is 9.37 Å². The van der Waals surface area contributed by atoms with Crippen LogP contribution in [0.5, 0.6) is 0 Å². The third kappa shape index (κ3) is 2.66. The molecule has 1 aromatic carbocycles. The van der Waals surface area contributed by atoms with E-state index in [1.807, 2.05) is 18.4 Å². The second-order valence-electron chi connectivity index (χ2n) is 3.93. The second kappa shape index (κ2) is 5.61. The number of halogens is 1. The summed E-state index contributed by atoms with van der Waals surface area (Å²) in [6, 6.07) is 6.45. The Hall–Kier alpha value is -1.93. The van der Waals surface area contributed by atoms with Crippen molar-refractivity contribution < 1.29 is 4.39 Å². The fourth-order valence-corrected chi connectivity index (χ4v) is 2.31. The van der Waals surface area contributed by atoms with Gasteiger partial charge < -0.3 is 5.32 Å². The number of nitrogens with zero attached hydrogens (tertiary/aromatic N) is 2. The first-order valence-corrected chi connectivity index (χ1v) is 6.42. The summed E-state index contributed by atoms with van der Waals surface area (Å²) < 4.78 is 13.4. The lowest BCUT2D eigenvalue weighted by Crippen LogP contribution is -2.11. The van der Waals surface area contributed by atoms with Crippen molar-refractivity contribution in [3.05, 3.63) is 46.2 Å². The van der Waals surface area contributed by atoms with Crippen molar-refractivity contribution in [3.8, 4) is 6.07 Å². The van der Waals surface area contributed by atoms with Crippen LogP contribution in [0.3, 0.4) is 0 Å². The van der Waals surface area contributed by atoms with Gasteiger partial charge in [-0.15, -0.1) is 11.3 Å². The summed E-state index contributed by atoms with van der Waals surface area (Å²) in [6.45, 7) is 2.66.